The van der Waals surface area contributed by atoms with Crippen LogP contribution in [0.3, 0.4) is 0 Å². The number of hydrogen-bond donors (Lipinski definition) is 2. The fourth-order valence-corrected chi connectivity index (χ4v) is 3.28. The quantitative estimate of drug-likeness (QED) is 0.779. The van der Waals surface area contributed by atoms with Crippen LogP contribution >= 0.6 is 0 Å². The van der Waals surface area contributed by atoms with E-state index >= 15 is 0 Å². The maximum absolute atomic E-state index is 12.0. The molecule has 2 N–H and O–H groups in total. The Hall–Kier alpha value is -1.08. The van der Waals surface area contributed by atoms with Gasteiger partial charge in [-0.2, -0.15) is 5.10 Å². The van der Waals surface area contributed by atoms with Crippen LogP contribution in [0.2, 0.25) is 0 Å². The third kappa shape index (κ3) is 2.53. The van der Waals surface area contributed by atoms with Gasteiger partial charge in [-0.1, -0.05) is 0 Å². The van der Waals surface area contributed by atoms with E-state index in [1.54, 1.807) is 17.9 Å². The highest BCUT2D eigenvalue weighted by Gasteiger charge is 2.27. The van der Waals surface area contributed by atoms with Gasteiger partial charge >= 0.3 is 0 Å². The lowest BCUT2D eigenvalue weighted by atomic mass is 10.2. The highest BCUT2D eigenvalue weighted by atomic mass is 32.2. The number of hydrogen-bond acceptors (Lipinski definition) is 4. The molecule has 0 aromatic carbocycles. The molecule has 0 saturated carbocycles. The zero-order chi connectivity index (χ0) is 11.6. The smallest absolute Gasteiger partial charge is 0.235 e. The molecule has 0 aliphatic carbocycles. The molecule has 7 heteroatoms. The van der Waals surface area contributed by atoms with Crippen molar-refractivity contribution in [1.29, 1.82) is 0 Å². The van der Waals surface area contributed by atoms with Crippen molar-refractivity contribution in [3.8, 4) is 0 Å². The van der Waals surface area contributed by atoms with Crippen LogP contribution in [-0.2, 0) is 17.1 Å². The van der Waals surface area contributed by atoms with Gasteiger partial charge in [-0.05, 0) is 25.9 Å². The third-order valence-electron chi connectivity index (χ3n) is 2.69. The molecule has 0 unspecified atom stereocenters. The molecule has 0 spiro atoms. The Kier molecular flexibility index (Phi) is 3.15. The van der Waals surface area contributed by atoms with Gasteiger partial charge in [-0.15, -0.1) is 0 Å². The number of anilines is 1. The van der Waals surface area contributed by atoms with Crippen LogP contribution < -0.4 is 10.0 Å². The van der Waals surface area contributed by atoms with Gasteiger partial charge < -0.3 is 5.32 Å². The van der Waals surface area contributed by atoms with Gasteiger partial charge in [0.25, 0.3) is 0 Å². The summed E-state index contributed by atoms with van der Waals surface area (Å²) in [5.74, 6) is 0. The van der Waals surface area contributed by atoms with E-state index in [9.17, 15) is 8.42 Å². The third-order valence-corrected chi connectivity index (χ3v) is 4.56. The van der Waals surface area contributed by atoms with Crippen LogP contribution in [0.5, 0.6) is 0 Å². The first-order valence-corrected chi connectivity index (χ1v) is 6.83. The molecule has 1 aromatic heterocycles. The lowest BCUT2D eigenvalue weighted by Gasteiger charge is -2.22. The minimum absolute atomic E-state index is 0.297. The first-order chi connectivity index (χ1) is 7.58. The molecular formula is C9H16N4O2S. The summed E-state index contributed by atoms with van der Waals surface area (Å²) >= 11 is 0. The second kappa shape index (κ2) is 4.42. The van der Waals surface area contributed by atoms with Crippen LogP contribution in [0, 0.1) is 0 Å². The van der Waals surface area contributed by atoms with E-state index < -0.39 is 10.0 Å². The van der Waals surface area contributed by atoms with Gasteiger partial charge in [0, 0.05) is 13.2 Å². The van der Waals surface area contributed by atoms with Gasteiger partial charge in [-0.3, -0.25) is 9.40 Å². The van der Waals surface area contributed by atoms with E-state index in [0.717, 1.165) is 13.1 Å². The van der Waals surface area contributed by atoms with E-state index in [4.69, 9.17) is 0 Å². The molecule has 0 radical (unpaired) electrons. The van der Waals surface area contributed by atoms with Crippen molar-refractivity contribution in [1.82, 2.24) is 15.1 Å². The number of nitrogens with zero attached hydrogens (tertiary/aromatic N) is 2. The maximum atomic E-state index is 12.0. The summed E-state index contributed by atoms with van der Waals surface area (Å²) in [4.78, 5) is 0. The van der Waals surface area contributed by atoms with Gasteiger partial charge in [0.15, 0.2) is 0 Å². The minimum Gasteiger partial charge on any atom is -0.317 e. The van der Waals surface area contributed by atoms with Crippen molar-refractivity contribution in [2.45, 2.75) is 18.1 Å². The highest BCUT2D eigenvalue weighted by Crippen LogP contribution is 2.16. The molecule has 0 amide bonds. The van der Waals surface area contributed by atoms with E-state index in [-0.39, 0.29) is 5.25 Å². The molecule has 6 nitrogen and oxygen atoms in total. The molecule has 1 fully saturated rings. The summed E-state index contributed by atoms with van der Waals surface area (Å²) in [5, 5.41) is 6.77. The van der Waals surface area contributed by atoms with Crippen molar-refractivity contribution < 1.29 is 8.42 Å². The Morgan fingerprint density at radius 2 is 2.19 bits per heavy atom. The normalized spacial score (nSPS) is 18.6. The number of nitrogens with one attached hydrogen (secondary N) is 2. The van der Waals surface area contributed by atoms with Gasteiger partial charge in [-0.25, -0.2) is 8.42 Å². The van der Waals surface area contributed by atoms with Crippen molar-refractivity contribution >= 4 is 15.7 Å². The second-order valence-corrected chi connectivity index (χ2v) is 5.96. The molecule has 1 aliphatic rings. The Balaban J connectivity index is 2.07. The van der Waals surface area contributed by atoms with E-state index in [2.05, 4.69) is 15.1 Å². The Bertz CT molecular complexity index is 448. The molecule has 1 aliphatic heterocycles. The summed E-state index contributed by atoms with van der Waals surface area (Å²) in [6.45, 7) is 1.53. The van der Waals surface area contributed by atoms with Gasteiger partial charge in [0.1, 0.15) is 0 Å². The Morgan fingerprint density at radius 1 is 1.50 bits per heavy atom. The van der Waals surface area contributed by atoms with E-state index in [1.807, 2.05) is 0 Å². The molecule has 1 saturated heterocycles. The zero-order valence-corrected chi connectivity index (χ0v) is 10.00. The Labute approximate surface area is 95.1 Å². The fraction of sp³-hybridized carbons (Fsp3) is 0.667. The van der Waals surface area contributed by atoms with Crippen LogP contribution in [0.1, 0.15) is 12.8 Å². The van der Waals surface area contributed by atoms with Gasteiger partial charge in [0.05, 0.1) is 17.1 Å². The number of piperidine rings is 1. The average Bonchev–Trinajstić information content (AvgIpc) is 2.64. The van der Waals surface area contributed by atoms with Crippen molar-refractivity contribution in [3.63, 3.8) is 0 Å². The molecule has 1 aromatic rings. The Morgan fingerprint density at radius 3 is 2.75 bits per heavy atom. The number of rotatable bonds is 3. The lowest BCUT2D eigenvalue weighted by molar-refractivity contribution is 0.499. The average molecular weight is 244 g/mol. The second-order valence-electron chi connectivity index (χ2n) is 4.00. The summed E-state index contributed by atoms with van der Waals surface area (Å²) in [6.07, 6.45) is 4.49. The lowest BCUT2D eigenvalue weighted by Crippen LogP contribution is -2.38. The fourth-order valence-electron chi connectivity index (χ4n) is 1.83. The van der Waals surface area contributed by atoms with Crippen LogP contribution in [0.4, 0.5) is 5.69 Å². The van der Waals surface area contributed by atoms with Crippen LogP contribution in [0.15, 0.2) is 12.4 Å². The topological polar surface area (TPSA) is 76.0 Å². The predicted octanol–water partition coefficient (Wildman–Crippen LogP) is -0.0862. The zero-order valence-electron chi connectivity index (χ0n) is 9.18. The first-order valence-electron chi connectivity index (χ1n) is 5.29. The molecule has 2 rings (SSSR count). The predicted molar refractivity (Wildman–Crippen MR) is 61.6 cm³/mol. The minimum atomic E-state index is -3.27. The monoisotopic (exact) mass is 244 g/mol. The van der Waals surface area contributed by atoms with Crippen LogP contribution in [0.25, 0.3) is 0 Å². The van der Waals surface area contributed by atoms with E-state index in [0.29, 0.717) is 18.5 Å². The summed E-state index contributed by atoms with van der Waals surface area (Å²) in [6, 6.07) is 0. The van der Waals surface area contributed by atoms with E-state index in [1.165, 1.54) is 6.20 Å². The first kappa shape index (κ1) is 11.4. The van der Waals surface area contributed by atoms with Crippen molar-refractivity contribution in [2.75, 3.05) is 17.8 Å². The molecular weight excluding hydrogens is 228 g/mol. The standard InChI is InChI=1S/C9H16N4O2S/c1-13-7-8(6-11-13)12-16(14,15)9-2-4-10-5-3-9/h6-7,9-10,12H,2-5H2,1H3. The largest absolute Gasteiger partial charge is 0.317 e. The van der Waals surface area contributed by atoms with Crippen LogP contribution in [-0.4, -0.2) is 36.5 Å². The maximum Gasteiger partial charge on any atom is 0.235 e. The summed E-state index contributed by atoms with van der Waals surface area (Å²) in [7, 11) is -1.51. The molecule has 2 heterocycles. The molecule has 0 atom stereocenters. The summed E-state index contributed by atoms with van der Waals surface area (Å²) in [5.41, 5.74) is 0.529. The number of sulfonamides is 1. The van der Waals surface area contributed by atoms with Crippen molar-refractivity contribution in [2.24, 2.45) is 7.05 Å². The molecule has 90 valence electrons. The summed E-state index contributed by atoms with van der Waals surface area (Å²) < 4.78 is 28.1. The van der Waals surface area contributed by atoms with Gasteiger partial charge in [0.2, 0.25) is 10.0 Å². The molecule has 16 heavy (non-hydrogen) atoms. The molecule has 0 bridgehead atoms. The highest BCUT2D eigenvalue weighted by molar-refractivity contribution is 7.93. The van der Waals surface area contributed by atoms with Crippen molar-refractivity contribution in [3.05, 3.63) is 12.4 Å². The number of aryl methyl sites for hydroxylation is 1. The SMILES string of the molecule is Cn1cc(NS(=O)(=O)C2CCNCC2)cn1. The number of aromatic nitrogens is 2.